The molecule has 2 nitrogen and oxygen atoms in total. The number of anilines is 1. The number of alkyl halides is 1. The Kier molecular flexibility index (Phi) is 4.70. The Morgan fingerprint density at radius 2 is 1.74 bits per heavy atom. The first-order chi connectivity index (χ1) is 9.11. The molecule has 2 aromatic carbocycles. The van der Waals surface area contributed by atoms with E-state index in [0.29, 0.717) is 22.2 Å². The van der Waals surface area contributed by atoms with Crippen LogP contribution in [0.15, 0.2) is 42.5 Å². The lowest BCUT2D eigenvalue weighted by Crippen LogP contribution is -2.12. The van der Waals surface area contributed by atoms with Crippen LogP contribution in [0.5, 0.6) is 0 Å². The molecule has 0 unspecified atom stereocenters. The van der Waals surface area contributed by atoms with Gasteiger partial charge in [-0.1, -0.05) is 41.4 Å². The number of benzene rings is 2. The van der Waals surface area contributed by atoms with Gasteiger partial charge in [-0.3, -0.25) is 4.79 Å². The van der Waals surface area contributed by atoms with Gasteiger partial charge in [0.05, 0.1) is 15.6 Å². The van der Waals surface area contributed by atoms with E-state index < -0.39 is 0 Å². The topological polar surface area (TPSA) is 29.1 Å². The molecule has 0 saturated carbocycles. The molecule has 5 heteroatoms. The van der Waals surface area contributed by atoms with Crippen molar-refractivity contribution in [2.75, 3.05) is 5.32 Å². The summed E-state index contributed by atoms with van der Waals surface area (Å²) in [5.41, 5.74) is 2.01. The number of carbonyl (C=O) groups excluding carboxylic acids is 1. The molecule has 0 saturated heterocycles. The smallest absolute Gasteiger partial charge is 0.257 e. The predicted molar refractivity (Wildman–Crippen MR) is 80.4 cm³/mol. The van der Waals surface area contributed by atoms with Crippen LogP contribution >= 0.6 is 34.8 Å². The highest BCUT2D eigenvalue weighted by Crippen LogP contribution is 2.26. The van der Waals surface area contributed by atoms with Crippen molar-refractivity contribution in [1.29, 1.82) is 0 Å². The summed E-state index contributed by atoms with van der Waals surface area (Å²) in [5.74, 6) is 0.139. The zero-order valence-electron chi connectivity index (χ0n) is 9.79. The van der Waals surface area contributed by atoms with Crippen molar-refractivity contribution in [3.8, 4) is 0 Å². The summed E-state index contributed by atoms with van der Waals surface area (Å²) in [6, 6.07) is 12.2. The van der Waals surface area contributed by atoms with Crippen molar-refractivity contribution in [3.05, 3.63) is 63.6 Å². The van der Waals surface area contributed by atoms with E-state index in [1.54, 1.807) is 30.3 Å². The summed E-state index contributed by atoms with van der Waals surface area (Å²) in [6.07, 6.45) is 0. The SMILES string of the molecule is O=C(Nc1ccc(CCl)cc1)c1cccc(Cl)c1Cl. The van der Waals surface area contributed by atoms with Crippen LogP contribution in [-0.4, -0.2) is 5.91 Å². The quantitative estimate of drug-likeness (QED) is 0.795. The van der Waals surface area contributed by atoms with Crippen molar-refractivity contribution in [2.45, 2.75) is 5.88 Å². The Morgan fingerprint density at radius 1 is 1.05 bits per heavy atom. The zero-order valence-corrected chi connectivity index (χ0v) is 12.1. The van der Waals surface area contributed by atoms with Gasteiger partial charge in [-0.15, -0.1) is 11.6 Å². The standard InChI is InChI=1S/C14H10Cl3NO/c15-8-9-4-6-10(7-5-9)18-14(19)11-2-1-3-12(16)13(11)17/h1-7H,8H2,(H,18,19). The normalized spacial score (nSPS) is 10.3. The highest BCUT2D eigenvalue weighted by atomic mass is 35.5. The first-order valence-electron chi connectivity index (χ1n) is 5.52. The van der Waals surface area contributed by atoms with E-state index in [1.807, 2.05) is 12.1 Å². The Balaban J connectivity index is 2.18. The monoisotopic (exact) mass is 313 g/mol. The van der Waals surface area contributed by atoms with Crippen molar-refractivity contribution in [2.24, 2.45) is 0 Å². The number of amides is 1. The molecule has 19 heavy (non-hydrogen) atoms. The first kappa shape index (κ1) is 14.2. The van der Waals surface area contributed by atoms with Gasteiger partial charge in [-0.2, -0.15) is 0 Å². The lowest BCUT2D eigenvalue weighted by molar-refractivity contribution is 0.102. The number of hydrogen-bond donors (Lipinski definition) is 1. The maximum absolute atomic E-state index is 12.1. The number of nitrogens with one attached hydrogen (secondary N) is 1. The molecule has 0 atom stereocenters. The molecule has 1 amide bonds. The van der Waals surface area contributed by atoms with Crippen molar-refractivity contribution < 1.29 is 4.79 Å². The second-order valence-electron chi connectivity index (χ2n) is 3.89. The van der Waals surface area contributed by atoms with Crippen LogP contribution in [0, 0.1) is 0 Å². The predicted octanol–water partition coefficient (Wildman–Crippen LogP) is 4.98. The lowest BCUT2D eigenvalue weighted by Gasteiger charge is -2.08. The molecule has 2 aromatic rings. The van der Waals surface area contributed by atoms with Gasteiger partial charge in [0.15, 0.2) is 0 Å². The van der Waals surface area contributed by atoms with Crippen molar-refractivity contribution in [3.63, 3.8) is 0 Å². The molecule has 0 spiro atoms. The molecule has 2 rings (SSSR count). The molecule has 0 heterocycles. The van der Waals surface area contributed by atoms with Gasteiger partial charge < -0.3 is 5.32 Å². The number of halogens is 3. The fourth-order valence-corrected chi connectivity index (χ4v) is 2.12. The molecule has 1 N–H and O–H groups in total. The Morgan fingerprint density at radius 3 is 2.37 bits per heavy atom. The number of carbonyl (C=O) groups is 1. The zero-order chi connectivity index (χ0) is 13.8. The van der Waals surface area contributed by atoms with Gasteiger partial charge in [0.2, 0.25) is 0 Å². The molecule has 0 radical (unpaired) electrons. The molecule has 0 aliphatic heterocycles. The summed E-state index contributed by atoms with van der Waals surface area (Å²) in [4.78, 5) is 12.1. The maximum Gasteiger partial charge on any atom is 0.257 e. The van der Waals surface area contributed by atoms with E-state index in [9.17, 15) is 4.79 Å². The van der Waals surface area contributed by atoms with E-state index in [1.165, 1.54) is 0 Å². The number of hydrogen-bond acceptors (Lipinski definition) is 1. The molecule has 0 fully saturated rings. The van der Waals surface area contributed by atoms with Crippen LogP contribution in [0.25, 0.3) is 0 Å². The Hall–Kier alpha value is -1.22. The summed E-state index contributed by atoms with van der Waals surface area (Å²) in [6.45, 7) is 0. The second-order valence-corrected chi connectivity index (χ2v) is 4.94. The van der Waals surface area contributed by atoms with Gasteiger partial charge >= 0.3 is 0 Å². The van der Waals surface area contributed by atoms with Crippen LogP contribution < -0.4 is 5.32 Å². The van der Waals surface area contributed by atoms with E-state index in [-0.39, 0.29) is 10.9 Å². The van der Waals surface area contributed by atoms with Gasteiger partial charge in [0.1, 0.15) is 0 Å². The third-order valence-electron chi connectivity index (χ3n) is 2.56. The molecule has 98 valence electrons. The molecular weight excluding hydrogens is 305 g/mol. The molecule has 0 aromatic heterocycles. The summed E-state index contributed by atoms with van der Waals surface area (Å²) >= 11 is 17.6. The first-order valence-corrected chi connectivity index (χ1v) is 6.81. The summed E-state index contributed by atoms with van der Waals surface area (Å²) in [5, 5.41) is 3.36. The lowest BCUT2D eigenvalue weighted by atomic mass is 10.2. The minimum atomic E-state index is -0.300. The average molecular weight is 315 g/mol. The fraction of sp³-hybridized carbons (Fsp3) is 0.0714. The van der Waals surface area contributed by atoms with Crippen LogP contribution in [0.4, 0.5) is 5.69 Å². The summed E-state index contributed by atoms with van der Waals surface area (Å²) < 4.78 is 0. The van der Waals surface area contributed by atoms with Gasteiger partial charge in [0, 0.05) is 11.6 Å². The van der Waals surface area contributed by atoms with Crippen molar-refractivity contribution in [1.82, 2.24) is 0 Å². The minimum absolute atomic E-state index is 0.249. The molecule has 0 bridgehead atoms. The van der Waals surface area contributed by atoms with Crippen LogP contribution in [0.2, 0.25) is 10.0 Å². The fourth-order valence-electron chi connectivity index (χ4n) is 1.55. The second kappa shape index (κ2) is 6.29. The van der Waals surface area contributed by atoms with Crippen LogP contribution in [-0.2, 0) is 5.88 Å². The molecular formula is C14H10Cl3NO. The van der Waals surface area contributed by atoms with Gasteiger partial charge in [0.25, 0.3) is 5.91 Å². The largest absolute Gasteiger partial charge is 0.322 e. The van der Waals surface area contributed by atoms with Crippen LogP contribution in [0.1, 0.15) is 15.9 Å². The van der Waals surface area contributed by atoms with E-state index >= 15 is 0 Å². The molecule has 0 aliphatic carbocycles. The molecule has 0 aliphatic rings. The Bertz CT molecular complexity index is 596. The highest BCUT2D eigenvalue weighted by molar-refractivity contribution is 6.44. The van der Waals surface area contributed by atoms with Crippen LogP contribution in [0.3, 0.4) is 0 Å². The average Bonchev–Trinajstić information content (AvgIpc) is 2.42. The maximum atomic E-state index is 12.1. The van der Waals surface area contributed by atoms with E-state index in [0.717, 1.165) is 5.56 Å². The third kappa shape index (κ3) is 3.41. The number of rotatable bonds is 3. The van der Waals surface area contributed by atoms with E-state index in [2.05, 4.69) is 5.32 Å². The summed E-state index contributed by atoms with van der Waals surface area (Å²) in [7, 11) is 0. The van der Waals surface area contributed by atoms with Crippen molar-refractivity contribution >= 4 is 46.4 Å². The van der Waals surface area contributed by atoms with E-state index in [4.69, 9.17) is 34.8 Å². The minimum Gasteiger partial charge on any atom is -0.322 e. The Labute approximate surface area is 126 Å². The highest BCUT2D eigenvalue weighted by Gasteiger charge is 2.12. The van der Waals surface area contributed by atoms with Gasteiger partial charge in [-0.05, 0) is 29.8 Å². The van der Waals surface area contributed by atoms with Gasteiger partial charge in [-0.25, -0.2) is 0 Å². The third-order valence-corrected chi connectivity index (χ3v) is 3.69.